The highest BCUT2D eigenvalue weighted by atomic mass is 19.4. The van der Waals surface area contributed by atoms with Gasteiger partial charge in [0.25, 0.3) is 0 Å². The minimum Gasteiger partial charge on any atom is -0.444 e. The van der Waals surface area contributed by atoms with Gasteiger partial charge in [0, 0.05) is 55.1 Å². The van der Waals surface area contributed by atoms with Gasteiger partial charge < -0.3 is 19.1 Å². The molecule has 1 saturated heterocycles. The lowest BCUT2D eigenvalue weighted by atomic mass is 9.92. The molecule has 8 nitrogen and oxygen atoms in total. The Hall–Kier alpha value is -3.89. The van der Waals surface area contributed by atoms with Gasteiger partial charge in [-0.2, -0.15) is 0 Å². The van der Waals surface area contributed by atoms with Crippen molar-refractivity contribution in [2.45, 2.75) is 39.2 Å². The summed E-state index contributed by atoms with van der Waals surface area (Å²) in [7, 11) is 0. The number of halogens is 3. The molecule has 3 aromatic rings. The number of rotatable bonds is 6. The second-order valence-corrected chi connectivity index (χ2v) is 9.42. The number of likely N-dealkylation sites (tertiary alicyclic amines) is 1. The van der Waals surface area contributed by atoms with Crippen LogP contribution in [-0.4, -0.2) is 51.0 Å². The van der Waals surface area contributed by atoms with Crippen molar-refractivity contribution in [3.63, 3.8) is 0 Å². The Balaban J connectivity index is 1.34. The quantitative estimate of drug-likeness (QED) is 0.431. The van der Waals surface area contributed by atoms with Gasteiger partial charge in [0.15, 0.2) is 0 Å². The number of ether oxygens (including phenoxy) is 3. The van der Waals surface area contributed by atoms with Crippen molar-refractivity contribution in [1.82, 2.24) is 19.9 Å². The number of nitrogens with zero attached hydrogens (tertiary/aromatic N) is 4. The van der Waals surface area contributed by atoms with Crippen molar-refractivity contribution in [3.05, 3.63) is 60.7 Å². The van der Waals surface area contributed by atoms with Crippen LogP contribution in [0.3, 0.4) is 0 Å². The number of carbonyl (C=O) groups excluding carboxylic acids is 1. The van der Waals surface area contributed by atoms with Crippen molar-refractivity contribution in [2.24, 2.45) is 5.92 Å². The Bertz CT molecular complexity index is 1210. The van der Waals surface area contributed by atoms with E-state index in [0.29, 0.717) is 24.6 Å². The molecule has 1 aliphatic heterocycles. The molecule has 2 aromatic heterocycles. The second kappa shape index (κ2) is 10.00. The van der Waals surface area contributed by atoms with Gasteiger partial charge in [-0.15, -0.1) is 13.2 Å². The minimum absolute atomic E-state index is 0.0243. The third kappa shape index (κ3) is 7.06. The molecule has 11 heteroatoms. The summed E-state index contributed by atoms with van der Waals surface area (Å²) in [6, 6.07) is 7.07. The predicted molar refractivity (Wildman–Crippen MR) is 123 cm³/mol. The molecule has 36 heavy (non-hydrogen) atoms. The van der Waals surface area contributed by atoms with Crippen molar-refractivity contribution in [3.8, 4) is 28.6 Å². The summed E-state index contributed by atoms with van der Waals surface area (Å²) in [5.74, 6) is 0.0213. The highest BCUT2D eigenvalue weighted by Crippen LogP contribution is 2.29. The van der Waals surface area contributed by atoms with E-state index >= 15 is 0 Å². The van der Waals surface area contributed by atoms with E-state index in [4.69, 9.17) is 9.47 Å². The normalized spacial score (nSPS) is 14.2. The molecule has 0 unspecified atom stereocenters. The third-order valence-electron chi connectivity index (χ3n) is 5.14. The first-order chi connectivity index (χ1) is 16.9. The molecule has 0 aliphatic carbocycles. The van der Waals surface area contributed by atoms with Crippen LogP contribution in [-0.2, 0) is 11.2 Å². The van der Waals surface area contributed by atoms with E-state index in [9.17, 15) is 18.0 Å². The topological polar surface area (TPSA) is 86.7 Å². The van der Waals surface area contributed by atoms with Gasteiger partial charge in [0.05, 0.1) is 0 Å². The fraction of sp³-hybridized carbons (Fsp3) is 0.360. The summed E-state index contributed by atoms with van der Waals surface area (Å²) in [6.45, 7) is 6.78. The molecular weight excluding hydrogens is 477 g/mol. The Morgan fingerprint density at radius 3 is 2.36 bits per heavy atom. The van der Waals surface area contributed by atoms with Gasteiger partial charge in [-0.1, -0.05) is 6.07 Å². The third-order valence-corrected chi connectivity index (χ3v) is 5.14. The average molecular weight is 502 g/mol. The van der Waals surface area contributed by atoms with Crippen LogP contribution in [0.2, 0.25) is 0 Å². The number of carbonyl (C=O) groups is 1. The fourth-order valence-corrected chi connectivity index (χ4v) is 3.62. The smallest absolute Gasteiger partial charge is 0.444 e. The van der Waals surface area contributed by atoms with E-state index in [0.717, 1.165) is 23.6 Å². The summed E-state index contributed by atoms with van der Waals surface area (Å²) in [4.78, 5) is 26.4. The number of hydrogen-bond acceptors (Lipinski definition) is 7. The molecule has 0 N–H and O–H groups in total. The first-order valence-corrected chi connectivity index (χ1v) is 11.2. The first kappa shape index (κ1) is 25.2. The van der Waals surface area contributed by atoms with E-state index in [-0.39, 0.29) is 17.9 Å². The lowest BCUT2D eigenvalue weighted by Gasteiger charge is -2.39. The van der Waals surface area contributed by atoms with Crippen molar-refractivity contribution in [2.75, 3.05) is 13.1 Å². The Kier molecular flexibility index (Phi) is 7.00. The minimum atomic E-state index is -4.80. The number of pyridine rings is 1. The van der Waals surface area contributed by atoms with Gasteiger partial charge >= 0.3 is 18.5 Å². The molecule has 4 rings (SSSR count). The van der Waals surface area contributed by atoms with Crippen molar-refractivity contribution in [1.29, 1.82) is 0 Å². The Labute approximate surface area is 206 Å². The number of aromatic nitrogens is 3. The monoisotopic (exact) mass is 502 g/mol. The van der Waals surface area contributed by atoms with E-state index in [1.807, 2.05) is 26.8 Å². The van der Waals surface area contributed by atoms with Gasteiger partial charge in [0.2, 0.25) is 0 Å². The maximum atomic E-state index is 12.4. The van der Waals surface area contributed by atoms with Gasteiger partial charge in [-0.25, -0.2) is 14.8 Å². The maximum absolute atomic E-state index is 12.4. The highest BCUT2D eigenvalue weighted by Gasteiger charge is 2.33. The molecule has 0 spiro atoms. The molecule has 1 amide bonds. The largest absolute Gasteiger partial charge is 0.573 e. The van der Waals surface area contributed by atoms with Crippen LogP contribution in [0.1, 0.15) is 26.3 Å². The first-order valence-electron chi connectivity index (χ1n) is 11.2. The molecule has 0 atom stereocenters. The predicted octanol–water partition coefficient (Wildman–Crippen LogP) is 5.64. The molecule has 0 radical (unpaired) electrons. The van der Waals surface area contributed by atoms with Gasteiger partial charge in [-0.3, -0.25) is 4.98 Å². The van der Waals surface area contributed by atoms with Crippen LogP contribution in [0.4, 0.5) is 18.0 Å². The van der Waals surface area contributed by atoms with Crippen molar-refractivity contribution >= 4 is 6.09 Å². The number of alkyl halides is 3. The lowest BCUT2D eigenvalue weighted by Crippen LogP contribution is -2.52. The number of hydrogen-bond donors (Lipinski definition) is 0. The van der Waals surface area contributed by atoms with Crippen LogP contribution in [0.15, 0.2) is 55.1 Å². The number of amides is 1. The SMILES string of the molecule is CC(C)(C)OC(=O)N1CC(Cc2cncc(-c3cnc(Oc4cccc(OC(F)(F)F)c4)nc3)c2)C1. The zero-order chi connectivity index (χ0) is 25.9. The fourth-order valence-electron chi connectivity index (χ4n) is 3.62. The van der Waals surface area contributed by atoms with Gasteiger partial charge in [-0.05, 0) is 56.9 Å². The molecule has 1 aromatic carbocycles. The molecule has 3 heterocycles. The van der Waals surface area contributed by atoms with Crippen LogP contribution < -0.4 is 9.47 Å². The van der Waals surface area contributed by atoms with Gasteiger partial charge in [0.1, 0.15) is 17.1 Å². The molecule has 0 bridgehead atoms. The van der Waals surface area contributed by atoms with E-state index < -0.39 is 17.7 Å². The van der Waals surface area contributed by atoms with Crippen molar-refractivity contribution < 1.29 is 32.2 Å². The van der Waals surface area contributed by atoms with Crippen LogP contribution in [0.5, 0.6) is 17.5 Å². The molecule has 1 fully saturated rings. The van der Waals surface area contributed by atoms with E-state index in [1.165, 1.54) is 18.2 Å². The Morgan fingerprint density at radius 2 is 1.69 bits per heavy atom. The summed E-state index contributed by atoms with van der Waals surface area (Å²) in [5, 5.41) is 0. The standard InChI is InChI=1S/C25H25F3N4O4/c1-24(2,3)36-23(33)32-14-17(15-32)7-16-8-18(11-29-10-16)19-12-30-22(31-13-19)34-20-5-4-6-21(9-20)35-25(26,27)28/h4-6,8-13,17H,7,14-15H2,1-3H3. The summed E-state index contributed by atoms with van der Waals surface area (Å²) >= 11 is 0. The van der Waals surface area contributed by atoms with E-state index in [1.54, 1.807) is 29.7 Å². The second-order valence-electron chi connectivity index (χ2n) is 9.42. The summed E-state index contributed by atoms with van der Waals surface area (Å²) < 4.78 is 52.0. The zero-order valence-electron chi connectivity index (χ0n) is 20.0. The molecule has 1 aliphatic rings. The number of benzene rings is 1. The lowest BCUT2D eigenvalue weighted by molar-refractivity contribution is -0.274. The highest BCUT2D eigenvalue weighted by molar-refractivity contribution is 5.69. The molecular formula is C25H25F3N4O4. The summed E-state index contributed by atoms with van der Waals surface area (Å²) in [6.07, 6.45) is 2.24. The van der Waals surface area contributed by atoms with E-state index in [2.05, 4.69) is 19.7 Å². The molecule has 0 saturated carbocycles. The average Bonchev–Trinajstić information content (AvgIpc) is 2.74. The van der Waals surface area contributed by atoms with Crippen LogP contribution >= 0.6 is 0 Å². The molecule has 190 valence electrons. The van der Waals surface area contributed by atoms with Crippen LogP contribution in [0.25, 0.3) is 11.1 Å². The maximum Gasteiger partial charge on any atom is 0.573 e. The zero-order valence-corrected chi connectivity index (χ0v) is 20.0. The van der Waals surface area contributed by atoms with Crippen LogP contribution in [0, 0.1) is 5.92 Å². The Morgan fingerprint density at radius 1 is 1.00 bits per heavy atom. The summed E-state index contributed by atoms with van der Waals surface area (Å²) in [5.41, 5.74) is 2.01.